The number of carbonyl (C=O) groups excluding carboxylic acids is 1. The fourth-order valence-electron chi connectivity index (χ4n) is 4.05. The Morgan fingerprint density at radius 1 is 1.03 bits per heavy atom. The summed E-state index contributed by atoms with van der Waals surface area (Å²) >= 11 is 0. The number of hydrogen-bond donors (Lipinski definition) is 1. The minimum Gasteiger partial charge on any atom is -0.482 e. The fourth-order valence-corrected chi connectivity index (χ4v) is 4.05. The molecule has 0 aromatic heterocycles. The zero-order valence-electron chi connectivity index (χ0n) is 18.2. The van der Waals surface area contributed by atoms with Gasteiger partial charge in [-0.05, 0) is 37.6 Å². The molecule has 1 N–H and O–H groups in total. The average Bonchev–Trinajstić information content (AvgIpc) is 2.83. The van der Waals surface area contributed by atoms with Crippen molar-refractivity contribution in [1.82, 2.24) is 10.2 Å². The molecule has 2 aliphatic heterocycles. The lowest BCUT2D eigenvalue weighted by Crippen LogP contribution is -2.52. The molecule has 1 saturated heterocycles. The lowest BCUT2D eigenvalue weighted by atomic mass is 10.2. The van der Waals surface area contributed by atoms with Crippen LogP contribution in [0.3, 0.4) is 0 Å². The lowest BCUT2D eigenvalue weighted by molar-refractivity contribution is -0.121. The Hall–Kier alpha value is -3.22. The van der Waals surface area contributed by atoms with E-state index in [2.05, 4.69) is 52.4 Å². The number of guanidine groups is 1. The number of fused-ring (bicyclic) bond motifs is 1. The van der Waals surface area contributed by atoms with Crippen LogP contribution in [-0.4, -0.2) is 69.2 Å². The van der Waals surface area contributed by atoms with E-state index >= 15 is 0 Å². The van der Waals surface area contributed by atoms with Gasteiger partial charge in [-0.3, -0.25) is 9.79 Å². The zero-order chi connectivity index (χ0) is 21.5. The summed E-state index contributed by atoms with van der Waals surface area (Å²) in [5.74, 6) is 1.74. The van der Waals surface area contributed by atoms with Crippen LogP contribution < -0.4 is 19.9 Å². The van der Waals surface area contributed by atoms with Crippen LogP contribution >= 0.6 is 0 Å². The largest absolute Gasteiger partial charge is 0.482 e. The van der Waals surface area contributed by atoms with Gasteiger partial charge in [0.15, 0.2) is 12.6 Å². The van der Waals surface area contributed by atoms with E-state index < -0.39 is 0 Å². The summed E-state index contributed by atoms with van der Waals surface area (Å²) in [6, 6.07) is 18.3. The maximum absolute atomic E-state index is 12.3. The van der Waals surface area contributed by atoms with Gasteiger partial charge in [-0.15, -0.1) is 0 Å². The number of amides is 1. The third-order valence-corrected chi connectivity index (χ3v) is 5.65. The fraction of sp³-hybridized carbons (Fsp3) is 0.417. The number of rotatable bonds is 6. The highest BCUT2D eigenvalue weighted by molar-refractivity contribution is 5.97. The minimum atomic E-state index is 0.00613. The Kier molecular flexibility index (Phi) is 6.92. The van der Waals surface area contributed by atoms with Crippen molar-refractivity contribution in [1.29, 1.82) is 0 Å². The molecule has 7 heteroatoms. The van der Waals surface area contributed by atoms with Gasteiger partial charge in [-0.2, -0.15) is 0 Å². The van der Waals surface area contributed by atoms with Gasteiger partial charge in [0.05, 0.1) is 5.69 Å². The van der Waals surface area contributed by atoms with Crippen molar-refractivity contribution in [2.75, 3.05) is 62.2 Å². The number of anilines is 2. The summed E-state index contributed by atoms with van der Waals surface area (Å²) in [7, 11) is 0. The van der Waals surface area contributed by atoms with Gasteiger partial charge < -0.3 is 24.8 Å². The number of carbonyl (C=O) groups is 1. The van der Waals surface area contributed by atoms with Gasteiger partial charge >= 0.3 is 0 Å². The number of aliphatic imine (C=N–C) groups is 1. The molecular formula is C24H31N5O2. The monoisotopic (exact) mass is 421 g/mol. The van der Waals surface area contributed by atoms with Crippen molar-refractivity contribution in [3.63, 3.8) is 0 Å². The molecule has 0 bridgehead atoms. The van der Waals surface area contributed by atoms with Crippen molar-refractivity contribution in [2.45, 2.75) is 13.3 Å². The molecule has 2 aliphatic rings. The smallest absolute Gasteiger partial charge is 0.265 e. The quantitative estimate of drug-likeness (QED) is 0.441. The highest BCUT2D eigenvalue weighted by Crippen LogP contribution is 2.31. The summed E-state index contributed by atoms with van der Waals surface area (Å²) in [4.78, 5) is 23.7. The first-order chi connectivity index (χ1) is 15.3. The second-order valence-corrected chi connectivity index (χ2v) is 7.70. The van der Waals surface area contributed by atoms with E-state index in [-0.39, 0.29) is 12.5 Å². The molecule has 0 atom stereocenters. The standard InChI is InChI=1S/C24H31N5O2/c1-2-25-24(28-17-15-27(16-18-28)20-9-4-3-5-10-20)26-13-8-14-29-21-11-6-7-12-22(21)31-19-23(29)30/h3-7,9-12H,2,8,13-19H2,1H3,(H,25,26). The van der Waals surface area contributed by atoms with E-state index in [1.165, 1.54) is 5.69 Å². The molecule has 0 saturated carbocycles. The van der Waals surface area contributed by atoms with Crippen LogP contribution in [-0.2, 0) is 4.79 Å². The Morgan fingerprint density at radius 2 is 1.77 bits per heavy atom. The maximum atomic E-state index is 12.3. The molecule has 1 fully saturated rings. The van der Waals surface area contributed by atoms with Crippen LogP contribution in [0, 0.1) is 0 Å². The van der Waals surface area contributed by atoms with E-state index in [4.69, 9.17) is 9.73 Å². The van der Waals surface area contributed by atoms with Crippen molar-refractivity contribution >= 4 is 23.2 Å². The van der Waals surface area contributed by atoms with E-state index in [0.29, 0.717) is 13.1 Å². The highest BCUT2D eigenvalue weighted by atomic mass is 16.5. The number of nitrogens with one attached hydrogen (secondary N) is 1. The molecule has 2 heterocycles. The van der Waals surface area contributed by atoms with Gasteiger partial charge in [0, 0.05) is 51.5 Å². The highest BCUT2D eigenvalue weighted by Gasteiger charge is 2.24. The van der Waals surface area contributed by atoms with Gasteiger partial charge in [0.25, 0.3) is 5.91 Å². The average molecular weight is 422 g/mol. The van der Waals surface area contributed by atoms with Crippen LogP contribution in [0.4, 0.5) is 11.4 Å². The van der Waals surface area contributed by atoms with Gasteiger partial charge in [-0.25, -0.2) is 0 Å². The molecule has 2 aromatic rings. The summed E-state index contributed by atoms with van der Waals surface area (Å²) in [6.45, 7) is 8.20. The van der Waals surface area contributed by atoms with Gasteiger partial charge in [0.2, 0.25) is 0 Å². The SMILES string of the molecule is CCNC(=NCCCN1C(=O)COc2ccccc21)N1CCN(c2ccccc2)CC1. The Labute approximate surface area is 184 Å². The first kappa shape index (κ1) is 21.0. The van der Waals surface area contributed by atoms with E-state index in [9.17, 15) is 4.79 Å². The molecule has 2 aromatic carbocycles. The van der Waals surface area contributed by atoms with Crippen LogP contribution in [0.5, 0.6) is 5.75 Å². The molecule has 0 aliphatic carbocycles. The Balaban J connectivity index is 1.31. The third-order valence-electron chi connectivity index (χ3n) is 5.65. The number of nitrogens with zero attached hydrogens (tertiary/aromatic N) is 4. The summed E-state index contributed by atoms with van der Waals surface area (Å²) in [5, 5.41) is 3.43. The third kappa shape index (κ3) is 5.10. The lowest BCUT2D eigenvalue weighted by Gasteiger charge is -2.37. The molecule has 7 nitrogen and oxygen atoms in total. The first-order valence-corrected chi connectivity index (χ1v) is 11.1. The van der Waals surface area contributed by atoms with E-state index in [0.717, 1.165) is 56.5 Å². The van der Waals surface area contributed by atoms with E-state index in [1.807, 2.05) is 29.2 Å². The number of piperazine rings is 1. The van der Waals surface area contributed by atoms with E-state index in [1.54, 1.807) is 0 Å². The molecule has 0 spiro atoms. The molecule has 31 heavy (non-hydrogen) atoms. The number of ether oxygens (including phenoxy) is 1. The second-order valence-electron chi connectivity index (χ2n) is 7.70. The molecule has 164 valence electrons. The summed E-state index contributed by atoms with van der Waals surface area (Å²) in [6.07, 6.45) is 0.805. The van der Waals surface area contributed by atoms with Crippen molar-refractivity contribution in [3.05, 3.63) is 54.6 Å². The van der Waals surface area contributed by atoms with Crippen molar-refractivity contribution in [2.24, 2.45) is 4.99 Å². The van der Waals surface area contributed by atoms with Gasteiger partial charge in [0.1, 0.15) is 5.75 Å². The Morgan fingerprint density at radius 3 is 2.55 bits per heavy atom. The summed E-state index contributed by atoms with van der Waals surface area (Å²) < 4.78 is 5.52. The summed E-state index contributed by atoms with van der Waals surface area (Å²) in [5.41, 5.74) is 2.13. The topological polar surface area (TPSA) is 60.4 Å². The van der Waals surface area contributed by atoms with Crippen LogP contribution in [0.15, 0.2) is 59.6 Å². The second kappa shape index (κ2) is 10.2. The molecule has 0 unspecified atom stereocenters. The maximum Gasteiger partial charge on any atom is 0.265 e. The van der Waals surface area contributed by atoms with Crippen LogP contribution in [0.2, 0.25) is 0 Å². The van der Waals surface area contributed by atoms with Crippen molar-refractivity contribution < 1.29 is 9.53 Å². The number of benzene rings is 2. The predicted octanol–water partition coefficient (Wildman–Crippen LogP) is 2.59. The zero-order valence-corrected chi connectivity index (χ0v) is 18.2. The van der Waals surface area contributed by atoms with Crippen molar-refractivity contribution in [3.8, 4) is 5.75 Å². The van der Waals surface area contributed by atoms with Crippen LogP contribution in [0.1, 0.15) is 13.3 Å². The molecule has 1 amide bonds. The molecule has 0 radical (unpaired) electrons. The Bertz CT molecular complexity index is 894. The normalized spacial score (nSPS) is 16.7. The van der Waals surface area contributed by atoms with Gasteiger partial charge in [-0.1, -0.05) is 30.3 Å². The number of para-hydroxylation sites is 3. The first-order valence-electron chi connectivity index (χ1n) is 11.1. The minimum absolute atomic E-state index is 0.00613. The molecule has 4 rings (SSSR count). The number of hydrogen-bond acceptors (Lipinski definition) is 4. The molecular weight excluding hydrogens is 390 g/mol. The predicted molar refractivity (Wildman–Crippen MR) is 125 cm³/mol. The van der Waals surface area contributed by atoms with Crippen LogP contribution in [0.25, 0.3) is 0 Å².